The molecule has 0 fully saturated rings. The summed E-state index contributed by atoms with van der Waals surface area (Å²) in [6, 6.07) is 11.2. The first-order valence-electron chi connectivity index (χ1n) is 7.26. The van der Waals surface area contributed by atoms with E-state index in [9.17, 15) is 4.79 Å². The Balaban J connectivity index is 2.05. The van der Waals surface area contributed by atoms with Crippen LogP contribution in [0.1, 0.15) is 23.5 Å². The second-order valence-electron chi connectivity index (χ2n) is 5.25. The predicted octanol–water partition coefficient (Wildman–Crippen LogP) is 3.15. The van der Waals surface area contributed by atoms with E-state index in [1.165, 1.54) is 0 Å². The number of hydrogen-bond donors (Lipinski definition) is 0. The van der Waals surface area contributed by atoms with Crippen LogP contribution < -0.4 is 18.9 Å². The van der Waals surface area contributed by atoms with Crippen molar-refractivity contribution in [2.75, 3.05) is 21.3 Å². The Morgan fingerprint density at radius 3 is 2.43 bits per heavy atom. The van der Waals surface area contributed by atoms with Gasteiger partial charge in [-0.05, 0) is 23.8 Å². The van der Waals surface area contributed by atoms with Crippen molar-refractivity contribution in [2.45, 2.75) is 12.3 Å². The van der Waals surface area contributed by atoms with E-state index in [4.69, 9.17) is 18.9 Å². The molecule has 1 atom stereocenters. The normalized spacial score (nSPS) is 16.3. The summed E-state index contributed by atoms with van der Waals surface area (Å²) < 4.78 is 21.2. The molecule has 0 spiro atoms. The molecule has 23 heavy (non-hydrogen) atoms. The molecule has 0 unspecified atom stereocenters. The van der Waals surface area contributed by atoms with E-state index in [2.05, 4.69) is 0 Å². The minimum atomic E-state index is -0.259. The fraction of sp³-hybridized carbons (Fsp3) is 0.278. The lowest BCUT2D eigenvalue weighted by Gasteiger charge is -2.25. The second kappa shape index (κ2) is 6.20. The van der Waals surface area contributed by atoms with Gasteiger partial charge in [-0.15, -0.1) is 0 Å². The molecule has 0 bridgehead atoms. The molecule has 0 aromatic heterocycles. The molecule has 120 valence electrons. The summed E-state index contributed by atoms with van der Waals surface area (Å²) in [4.78, 5) is 12.0. The van der Waals surface area contributed by atoms with Crippen LogP contribution in [0.4, 0.5) is 0 Å². The van der Waals surface area contributed by atoms with Crippen molar-refractivity contribution >= 4 is 5.97 Å². The van der Waals surface area contributed by atoms with Gasteiger partial charge in [-0.1, -0.05) is 12.1 Å². The van der Waals surface area contributed by atoms with Gasteiger partial charge in [0.2, 0.25) is 0 Å². The minimum absolute atomic E-state index is 0.0861. The average molecular weight is 314 g/mol. The third-order valence-electron chi connectivity index (χ3n) is 4.00. The number of fused-ring (bicyclic) bond motifs is 1. The summed E-state index contributed by atoms with van der Waals surface area (Å²) >= 11 is 0. The number of carbonyl (C=O) groups excluding carboxylic acids is 1. The molecule has 0 amide bonds. The van der Waals surface area contributed by atoms with Crippen LogP contribution in [0.3, 0.4) is 0 Å². The van der Waals surface area contributed by atoms with E-state index < -0.39 is 0 Å². The van der Waals surface area contributed by atoms with E-state index in [1.54, 1.807) is 27.4 Å². The summed E-state index contributed by atoms with van der Waals surface area (Å²) in [5, 5.41) is 0. The lowest BCUT2D eigenvalue weighted by atomic mass is 9.86. The Kier molecular flexibility index (Phi) is 4.10. The number of rotatable bonds is 4. The highest BCUT2D eigenvalue weighted by atomic mass is 16.5. The van der Waals surface area contributed by atoms with Gasteiger partial charge in [-0.2, -0.15) is 0 Å². The summed E-state index contributed by atoms with van der Waals surface area (Å²) in [5.41, 5.74) is 1.93. The first kappa shape index (κ1) is 15.2. The SMILES string of the molecule is COc1ccc2c(c1)OC(=O)C[C@@H]2c1ccc(OC)c(OC)c1. The highest BCUT2D eigenvalue weighted by molar-refractivity contribution is 5.78. The van der Waals surface area contributed by atoms with Gasteiger partial charge in [0, 0.05) is 17.5 Å². The van der Waals surface area contributed by atoms with E-state index >= 15 is 0 Å². The van der Waals surface area contributed by atoms with E-state index in [0.717, 1.165) is 11.1 Å². The number of hydrogen-bond acceptors (Lipinski definition) is 5. The number of ether oxygens (including phenoxy) is 4. The maximum absolute atomic E-state index is 12.0. The zero-order valence-corrected chi connectivity index (χ0v) is 13.3. The van der Waals surface area contributed by atoms with Gasteiger partial charge in [0.15, 0.2) is 11.5 Å². The van der Waals surface area contributed by atoms with E-state index in [-0.39, 0.29) is 18.3 Å². The maximum Gasteiger partial charge on any atom is 0.312 e. The van der Waals surface area contributed by atoms with Crippen LogP contribution in [-0.2, 0) is 4.79 Å². The monoisotopic (exact) mass is 314 g/mol. The Morgan fingerprint density at radius 2 is 1.74 bits per heavy atom. The zero-order valence-electron chi connectivity index (χ0n) is 13.3. The van der Waals surface area contributed by atoms with Gasteiger partial charge < -0.3 is 18.9 Å². The molecule has 1 aliphatic rings. The van der Waals surface area contributed by atoms with Crippen LogP contribution in [0.5, 0.6) is 23.0 Å². The summed E-state index contributed by atoms with van der Waals surface area (Å²) in [6.07, 6.45) is 0.287. The van der Waals surface area contributed by atoms with Crippen molar-refractivity contribution in [2.24, 2.45) is 0 Å². The van der Waals surface area contributed by atoms with Crippen molar-refractivity contribution in [1.29, 1.82) is 0 Å². The maximum atomic E-state index is 12.0. The molecule has 3 rings (SSSR count). The second-order valence-corrected chi connectivity index (χ2v) is 5.25. The quantitative estimate of drug-likeness (QED) is 0.641. The molecular weight excluding hydrogens is 296 g/mol. The third-order valence-corrected chi connectivity index (χ3v) is 4.00. The smallest absolute Gasteiger partial charge is 0.312 e. The number of benzene rings is 2. The lowest BCUT2D eigenvalue weighted by Crippen LogP contribution is -2.21. The molecule has 0 saturated carbocycles. The fourth-order valence-corrected chi connectivity index (χ4v) is 2.83. The highest BCUT2D eigenvalue weighted by Gasteiger charge is 2.29. The molecular formula is C18H18O5. The largest absolute Gasteiger partial charge is 0.497 e. The van der Waals surface area contributed by atoms with Crippen molar-refractivity contribution in [1.82, 2.24) is 0 Å². The van der Waals surface area contributed by atoms with Gasteiger partial charge in [0.05, 0.1) is 27.8 Å². The van der Waals surface area contributed by atoms with Crippen molar-refractivity contribution < 1.29 is 23.7 Å². The molecule has 1 heterocycles. The standard InChI is InChI=1S/C18H18O5/c1-20-12-5-6-13-14(10-18(19)23-16(13)9-12)11-4-7-15(21-2)17(8-11)22-3/h4-9,14H,10H2,1-3H3/t14-/m1/s1. The summed E-state index contributed by atoms with van der Waals surface area (Å²) in [6.45, 7) is 0. The molecule has 5 nitrogen and oxygen atoms in total. The Bertz CT molecular complexity index is 738. The van der Waals surface area contributed by atoms with Gasteiger partial charge in [0.25, 0.3) is 0 Å². The van der Waals surface area contributed by atoms with Gasteiger partial charge >= 0.3 is 5.97 Å². The molecule has 1 aliphatic heterocycles. The zero-order chi connectivity index (χ0) is 16.4. The van der Waals surface area contributed by atoms with E-state index in [1.807, 2.05) is 30.3 Å². The summed E-state index contributed by atoms with van der Waals surface area (Å²) in [5.74, 6) is 2.15. The van der Waals surface area contributed by atoms with Crippen LogP contribution in [0.15, 0.2) is 36.4 Å². The Morgan fingerprint density at radius 1 is 0.957 bits per heavy atom. The predicted molar refractivity (Wildman–Crippen MR) is 84.6 cm³/mol. The first-order valence-corrected chi connectivity index (χ1v) is 7.26. The number of methoxy groups -OCH3 is 3. The Hall–Kier alpha value is -2.69. The van der Waals surface area contributed by atoms with Crippen LogP contribution in [-0.4, -0.2) is 27.3 Å². The average Bonchev–Trinajstić information content (AvgIpc) is 2.59. The van der Waals surface area contributed by atoms with Crippen LogP contribution in [0.2, 0.25) is 0 Å². The topological polar surface area (TPSA) is 54.0 Å². The molecule has 0 saturated heterocycles. The van der Waals surface area contributed by atoms with Crippen molar-refractivity contribution in [3.05, 3.63) is 47.5 Å². The van der Waals surface area contributed by atoms with Crippen LogP contribution in [0.25, 0.3) is 0 Å². The third kappa shape index (κ3) is 2.82. The molecule has 0 aliphatic carbocycles. The lowest BCUT2D eigenvalue weighted by molar-refractivity contribution is -0.135. The van der Waals surface area contributed by atoms with Crippen molar-refractivity contribution in [3.8, 4) is 23.0 Å². The first-order chi connectivity index (χ1) is 11.2. The highest BCUT2D eigenvalue weighted by Crippen LogP contribution is 2.42. The minimum Gasteiger partial charge on any atom is -0.497 e. The molecule has 0 radical (unpaired) electrons. The fourth-order valence-electron chi connectivity index (χ4n) is 2.83. The van der Waals surface area contributed by atoms with Gasteiger partial charge in [-0.25, -0.2) is 0 Å². The molecule has 0 N–H and O–H groups in total. The number of carbonyl (C=O) groups is 1. The molecule has 2 aromatic carbocycles. The number of esters is 1. The summed E-state index contributed by atoms with van der Waals surface area (Å²) in [7, 11) is 4.77. The van der Waals surface area contributed by atoms with Crippen molar-refractivity contribution in [3.63, 3.8) is 0 Å². The van der Waals surface area contributed by atoms with E-state index in [0.29, 0.717) is 23.0 Å². The Labute approximate surface area is 134 Å². The van der Waals surface area contributed by atoms with Crippen LogP contribution in [0, 0.1) is 0 Å². The van der Waals surface area contributed by atoms with Gasteiger partial charge in [0.1, 0.15) is 11.5 Å². The van der Waals surface area contributed by atoms with Gasteiger partial charge in [-0.3, -0.25) is 4.79 Å². The molecule has 5 heteroatoms. The van der Waals surface area contributed by atoms with Crippen LogP contribution >= 0.6 is 0 Å². The molecule has 2 aromatic rings.